The van der Waals surface area contributed by atoms with Crippen LogP contribution in [0, 0.1) is 10.1 Å². The molecule has 7 heteroatoms. The molecule has 16 heavy (non-hydrogen) atoms. The summed E-state index contributed by atoms with van der Waals surface area (Å²) in [4.78, 5) is 21.0. The van der Waals surface area contributed by atoms with Crippen LogP contribution in [0.25, 0.3) is 0 Å². The smallest absolute Gasteiger partial charge is 0.319 e. The van der Waals surface area contributed by atoms with Crippen molar-refractivity contribution in [1.82, 2.24) is 0 Å². The van der Waals surface area contributed by atoms with E-state index in [9.17, 15) is 14.9 Å². The maximum atomic E-state index is 10.8. The summed E-state index contributed by atoms with van der Waals surface area (Å²) in [6.07, 6.45) is 0. The molecule has 0 spiro atoms. The number of nitrogen functional groups attached to an aromatic ring is 1. The van der Waals surface area contributed by atoms with Crippen molar-refractivity contribution in [1.29, 1.82) is 0 Å². The molecule has 0 atom stereocenters. The summed E-state index contributed by atoms with van der Waals surface area (Å²) in [5, 5.41) is 13.1. The van der Waals surface area contributed by atoms with Gasteiger partial charge >= 0.3 is 5.69 Å². The van der Waals surface area contributed by atoms with Gasteiger partial charge in [-0.25, -0.2) is 0 Å². The minimum atomic E-state index is -0.664. The summed E-state index contributed by atoms with van der Waals surface area (Å²) >= 11 is 0. The number of nitro benzene ring substituents is 1. The average molecular weight is 225 g/mol. The van der Waals surface area contributed by atoms with E-state index in [4.69, 9.17) is 10.5 Å². The van der Waals surface area contributed by atoms with Gasteiger partial charge in [0.1, 0.15) is 11.4 Å². The van der Waals surface area contributed by atoms with Crippen molar-refractivity contribution in [2.24, 2.45) is 0 Å². The van der Waals surface area contributed by atoms with Crippen LogP contribution in [-0.2, 0) is 4.79 Å². The molecule has 0 saturated heterocycles. The largest absolute Gasteiger partial charge is 0.494 e. The summed E-state index contributed by atoms with van der Waals surface area (Å²) in [6, 6.07) is 2.82. The van der Waals surface area contributed by atoms with Crippen LogP contribution < -0.4 is 15.8 Å². The van der Waals surface area contributed by atoms with Gasteiger partial charge in [-0.15, -0.1) is 0 Å². The predicted molar refractivity (Wildman–Crippen MR) is 58.4 cm³/mol. The summed E-state index contributed by atoms with van der Waals surface area (Å²) in [6.45, 7) is 1.25. The Labute approximate surface area is 91.3 Å². The Kier molecular flexibility index (Phi) is 3.29. The molecule has 0 aromatic heterocycles. The van der Waals surface area contributed by atoms with Gasteiger partial charge in [0.25, 0.3) is 0 Å². The van der Waals surface area contributed by atoms with Gasteiger partial charge in [0.2, 0.25) is 5.91 Å². The number of hydrogen-bond acceptors (Lipinski definition) is 5. The Morgan fingerprint density at radius 1 is 1.56 bits per heavy atom. The van der Waals surface area contributed by atoms with E-state index in [1.807, 2.05) is 0 Å². The highest BCUT2D eigenvalue weighted by Crippen LogP contribution is 2.37. The second-order valence-corrected chi connectivity index (χ2v) is 3.02. The zero-order valence-corrected chi connectivity index (χ0v) is 8.81. The van der Waals surface area contributed by atoms with Crippen LogP contribution in [0.3, 0.4) is 0 Å². The Balaban J connectivity index is 3.34. The van der Waals surface area contributed by atoms with Crippen molar-refractivity contribution < 1.29 is 14.5 Å². The van der Waals surface area contributed by atoms with Gasteiger partial charge < -0.3 is 15.8 Å². The molecule has 0 aliphatic rings. The number of rotatable bonds is 3. The van der Waals surface area contributed by atoms with Crippen LogP contribution in [0.4, 0.5) is 17.1 Å². The molecule has 0 saturated carbocycles. The number of carbonyl (C=O) groups is 1. The zero-order valence-electron chi connectivity index (χ0n) is 8.81. The third-order valence-corrected chi connectivity index (χ3v) is 1.89. The summed E-state index contributed by atoms with van der Waals surface area (Å²) in [7, 11) is 1.35. The molecule has 7 nitrogen and oxygen atoms in total. The zero-order chi connectivity index (χ0) is 12.3. The van der Waals surface area contributed by atoms with E-state index >= 15 is 0 Å². The molecule has 1 rings (SSSR count). The van der Waals surface area contributed by atoms with Gasteiger partial charge in [-0.2, -0.15) is 0 Å². The minimum absolute atomic E-state index is 0.0517. The SMILES string of the molecule is COc1ccc(NC(C)=O)c([N+](=O)[O-])c1N. The summed E-state index contributed by atoms with van der Waals surface area (Å²) in [5.41, 5.74) is 5.13. The van der Waals surface area contributed by atoms with Gasteiger partial charge in [0.15, 0.2) is 5.69 Å². The van der Waals surface area contributed by atoms with E-state index < -0.39 is 10.8 Å². The Morgan fingerprint density at radius 3 is 2.62 bits per heavy atom. The molecule has 86 valence electrons. The minimum Gasteiger partial charge on any atom is -0.494 e. The molecule has 0 fully saturated rings. The van der Waals surface area contributed by atoms with Gasteiger partial charge in [-0.05, 0) is 12.1 Å². The topological polar surface area (TPSA) is 107 Å². The Hall–Kier alpha value is -2.31. The fourth-order valence-corrected chi connectivity index (χ4v) is 1.25. The predicted octanol–water partition coefficient (Wildman–Crippen LogP) is 1.14. The van der Waals surface area contributed by atoms with E-state index in [-0.39, 0.29) is 22.8 Å². The summed E-state index contributed by atoms with van der Waals surface area (Å²) in [5.74, 6) is -0.214. The van der Waals surface area contributed by atoms with Crippen molar-refractivity contribution in [3.8, 4) is 5.75 Å². The van der Waals surface area contributed by atoms with Crippen LogP contribution in [0.15, 0.2) is 12.1 Å². The molecule has 0 unspecified atom stereocenters. The molecule has 0 heterocycles. The van der Waals surface area contributed by atoms with Crippen molar-refractivity contribution in [2.75, 3.05) is 18.2 Å². The van der Waals surface area contributed by atoms with Crippen molar-refractivity contribution >= 4 is 23.0 Å². The second-order valence-electron chi connectivity index (χ2n) is 3.02. The molecule has 0 radical (unpaired) electrons. The van der Waals surface area contributed by atoms with Crippen molar-refractivity contribution in [3.63, 3.8) is 0 Å². The lowest BCUT2D eigenvalue weighted by atomic mass is 10.2. The van der Waals surface area contributed by atoms with Crippen LogP contribution in [0.1, 0.15) is 6.92 Å². The fraction of sp³-hybridized carbons (Fsp3) is 0.222. The number of benzene rings is 1. The maximum Gasteiger partial charge on any atom is 0.319 e. The highest BCUT2D eigenvalue weighted by molar-refractivity contribution is 5.94. The lowest BCUT2D eigenvalue weighted by Crippen LogP contribution is -2.09. The number of nitrogens with two attached hydrogens (primary N) is 1. The Morgan fingerprint density at radius 2 is 2.19 bits per heavy atom. The van der Waals surface area contributed by atoms with Crippen molar-refractivity contribution in [2.45, 2.75) is 6.92 Å². The van der Waals surface area contributed by atoms with Crippen LogP contribution in [-0.4, -0.2) is 17.9 Å². The Bertz CT molecular complexity index is 445. The quantitative estimate of drug-likeness (QED) is 0.455. The third kappa shape index (κ3) is 2.19. The second kappa shape index (κ2) is 4.47. The highest BCUT2D eigenvalue weighted by atomic mass is 16.6. The van der Waals surface area contributed by atoms with E-state index in [2.05, 4.69) is 5.32 Å². The van der Waals surface area contributed by atoms with E-state index in [0.29, 0.717) is 0 Å². The molecule has 0 bridgehead atoms. The number of methoxy groups -OCH3 is 1. The standard InChI is InChI=1S/C9H11N3O4/c1-5(13)11-6-3-4-7(16-2)8(10)9(6)12(14)15/h3-4H,10H2,1-2H3,(H,11,13). The summed E-state index contributed by atoms with van der Waals surface area (Å²) < 4.78 is 4.85. The number of ether oxygens (including phenoxy) is 1. The molecule has 0 aliphatic heterocycles. The van der Waals surface area contributed by atoms with Crippen LogP contribution >= 0.6 is 0 Å². The first-order valence-corrected chi connectivity index (χ1v) is 4.35. The number of nitrogens with zero attached hydrogens (tertiary/aromatic N) is 1. The monoisotopic (exact) mass is 225 g/mol. The van der Waals surface area contributed by atoms with Crippen molar-refractivity contribution in [3.05, 3.63) is 22.2 Å². The van der Waals surface area contributed by atoms with Gasteiger partial charge in [-0.1, -0.05) is 0 Å². The molecular weight excluding hydrogens is 214 g/mol. The molecular formula is C9H11N3O4. The van der Waals surface area contributed by atoms with Gasteiger partial charge in [0, 0.05) is 6.92 Å². The normalized spacial score (nSPS) is 9.62. The first kappa shape index (κ1) is 11.8. The van der Waals surface area contributed by atoms with Crippen LogP contribution in [0.2, 0.25) is 0 Å². The lowest BCUT2D eigenvalue weighted by molar-refractivity contribution is -0.383. The fourth-order valence-electron chi connectivity index (χ4n) is 1.25. The average Bonchev–Trinajstić information content (AvgIpc) is 2.16. The third-order valence-electron chi connectivity index (χ3n) is 1.89. The van der Waals surface area contributed by atoms with E-state index in [1.165, 1.54) is 26.2 Å². The number of nitro groups is 1. The molecule has 1 amide bonds. The number of nitrogens with one attached hydrogen (secondary N) is 1. The molecule has 3 N–H and O–H groups in total. The molecule has 1 aromatic rings. The lowest BCUT2D eigenvalue weighted by Gasteiger charge is -2.08. The van der Waals surface area contributed by atoms with Gasteiger partial charge in [-0.3, -0.25) is 14.9 Å². The van der Waals surface area contributed by atoms with Crippen LogP contribution in [0.5, 0.6) is 5.75 Å². The number of anilines is 2. The number of carbonyl (C=O) groups excluding carboxylic acids is 1. The first-order chi connectivity index (χ1) is 7.47. The molecule has 1 aromatic carbocycles. The number of amides is 1. The highest BCUT2D eigenvalue weighted by Gasteiger charge is 2.22. The first-order valence-electron chi connectivity index (χ1n) is 4.35. The van der Waals surface area contributed by atoms with E-state index in [1.54, 1.807) is 0 Å². The number of hydrogen-bond donors (Lipinski definition) is 2. The maximum absolute atomic E-state index is 10.8. The van der Waals surface area contributed by atoms with Gasteiger partial charge in [0.05, 0.1) is 12.0 Å². The van der Waals surface area contributed by atoms with E-state index in [0.717, 1.165) is 0 Å². The molecule has 0 aliphatic carbocycles.